The van der Waals surface area contributed by atoms with Crippen LogP contribution in [0.4, 0.5) is 10.1 Å². The number of carbonyl (C=O) groups excluding carboxylic acids is 1. The van der Waals surface area contributed by atoms with Crippen molar-refractivity contribution in [1.29, 1.82) is 0 Å². The van der Waals surface area contributed by atoms with Crippen LogP contribution in [-0.4, -0.2) is 20.9 Å². The summed E-state index contributed by atoms with van der Waals surface area (Å²) in [6.45, 7) is 2.06. The van der Waals surface area contributed by atoms with Gasteiger partial charge in [-0.3, -0.25) is 9.52 Å². The van der Waals surface area contributed by atoms with E-state index in [1.165, 1.54) is 29.8 Å². The SMILES string of the molecule is Cc1ccc(S(=O)(=O)Nc2cccc(C(=O)NCCCc3ccccc3)c2)cc1F. The molecule has 0 saturated heterocycles. The normalized spacial score (nSPS) is 11.1. The molecule has 1 amide bonds. The van der Waals surface area contributed by atoms with Gasteiger partial charge in [0.25, 0.3) is 15.9 Å². The number of sulfonamides is 1. The molecule has 3 rings (SSSR count). The number of rotatable bonds is 8. The number of hydrogen-bond donors (Lipinski definition) is 2. The number of aryl methyl sites for hydroxylation is 2. The fourth-order valence-corrected chi connectivity index (χ4v) is 3.98. The maximum Gasteiger partial charge on any atom is 0.261 e. The maximum absolute atomic E-state index is 13.7. The Morgan fingerprint density at radius 3 is 2.47 bits per heavy atom. The average molecular weight is 427 g/mol. The summed E-state index contributed by atoms with van der Waals surface area (Å²) in [6, 6.07) is 19.9. The Labute approximate surface area is 176 Å². The molecule has 0 radical (unpaired) electrons. The summed E-state index contributed by atoms with van der Waals surface area (Å²) in [4.78, 5) is 12.2. The van der Waals surface area contributed by atoms with E-state index in [1.807, 2.05) is 30.3 Å². The van der Waals surface area contributed by atoms with Gasteiger partial charge in [0.1, 0.15) is 5.82 Å². The molecule has 2 N–H and O–H groups in total. The van der Waals surface area contributed by atoms with E-state index in [2.05, 4.69) is 10.0 Å². The van der Waals surface area contributed by atoms with Gasteiger partial charge in [-0.25, -0.2) is 12.8 Å². The Kier molecular flexibility index (Phi) is 6.84. The number of halogens is 1. The molecule has 0 aliphatic carbocycles. The topological polar surface area (TPSA) is 75.3 Å². The molecule has 156 valence electrons. The predicted molar refractivity (Wildman–Crippen MR) is 115 cm³/mol. The van der Waals surface area contributed by atoms with Crippen LogP contribution in [-0.2, 0) is 16.4 Å². The van der Waals surface area contributed by atoms with Gasteiger partial charge >= 0.3 is 0 Å². The van der Waals surface area contributed by atoms with Gasteiger partial charge in [0.05, 0.1) is 4.90 Å². The summed E-state index contributed by atoms with van der Waals surface area (Å²) in [6.07, 6.45) is 1.65. The van der Waals surface area contributed by atoms with E-state index in [0.29, 0.717) is 17.7 Å². The first-order valence-corrected chi connectivity index (χ1v) is 11.0. The molecule has 5 nitrogen and oxygen atoms in total. The standard InChI is InChI=1S/C23H23FN2O3S/c1-17-12-13-21(16-22(17)24)30(28,29)26-20-11-5-10-19(15-20)23(27)25-14-6-9-18-7-3-2-4-8-18/h2-5,7-8,10-13,15-16,26H,6,9,14H2,1H3,(H,25,27). The van der Waals surface area contributed by atoms with Crippen LogP contribution in [0.1, 0.15) is 27.9 Å². The van der Waals surface area contributed by atoms with Crippen molar-refractivity contribution in [2.75, 3.05) is 11.3 Å². The van der Waals surface area contributed by atoms with Crippen molar-refractivity contribution in [2.24, 2.45) is 0 Å². The van der Waals surface area contributed by atoms with Gasteiger partial charge in [-0.2, -0.15) is 0 Å². The third kappa shape index (κ3) is 5.67. The third-order valence-electron chi connectivity index (χ3n) is 4.60. The van der Waals surface area contributed by atoms with E-state index in [1.54, 1.807) is 19.1 Å². The molecular weight excluding hydrogens is 403 g/mol. The molecule has 3 aromatic rings. The zero-order valence-corrected chi connectivity index (χ0v) is 17.4. The molecule has 0 saturated carbocycles. The molecule has 0 unspecified atom stereocenters. The third-order valence-corrected chi connectivity index (χ3v) is 5.98. The number of anilines is 1. The number of nitrogens with one attached hydrogen (secondary N) is 2. The Balaban J connectivity index is 1.60. The smallest absolute Gasteiger partial charge is 0.261 e. The zero-order valence-electron chi connectivity index (χ0n) is 16.6. The number of hydrogen-bond acceptors (Lipinski definition) is 3. The highest BCUT2D eigenvalue weighted by Gasteiger charge is 2.16. The van der Waals surface area contributed by atoms with Crippen LogP contribution >= 0.6 is 0 Å². The Morgan fingerprint density at radius 2 is 1.73 bits per heavy atom. The molecular formula is C23H23FN2O3S. The van der Waals surface area contributed by atoms with Crippen molar-refractivity contribution in [3.8, 4) is 0 Å². The highest BCUT2D eigenvalue weighted by Crippen LogP contribution is 2.19. The van der Waals surface area contributed by atoms with E-state index in [-0.39, 0.29) is 16.5 Å². The molecule has 7 heteroatoms. The second kappa shape index (κ2) is 9.54. The molecule has 0 heterocycles. The van der Waals surface area contributed by atoms with E-state index in [4.69, 9.17) is 0 Å². The van der Waals surface area contributed by atoms with Gasteiger partial charge in [0.15, 0.2) is 0 Å². The van der Waals surface area contributed by atoms with Crippen LogP contribution in [0, 0.1) is 12.7 Å². The van der Waals surface area contributed by atoms with Crippen LogP contribution in [0.25, 0.3) is 0 Å². The molecule has 3 aromatic carbocycles. The fraction of sp³-hybridized carbons (Fsp3) is 0.174. The molecule has 0 fully saturated rings. The first-order chi connectivity index (χ1) is 14.3. The molecule has 0 aliphatic rings. The van der Waals surface area contributed by atoms with Gasteiger partial charge < -0.3 is 5.32 Å². The predicted octanol–water partition coefficient (Wildman–Crippen LogP) is 4.30. The second-order valence-electron chi connectivity index (χ2n) is 6.94. The van der Waals surface area contributed by atoms with E-state index >= 15 is 0 Å². The van der Waals surface area contributed by atoms with Gasteiger partial charge in [-0.05, 0) is 61.2 Å². The van der Waals surface area contributed by atoms with Crippen molar-refractivity contribution >= 4 is 21.6 Å². The lowest BCUT2D eigenvalue weighted by Gasteiger charge is -2.11. The highest BCUT2D eigenvalue weighted by atomic mass is 32.2. The maximum atomic E-state index is 13.7. The average Bonchev–Trinajstić information content (AvgIpc) is 2.73. The Bertz CT molecular complexity index is 1130. The minimum Gasteiger partial charge on any atom is -0.352 e. The van der Waals surface area contributed by atoms with E-state index in [0.717, 1.165) is 18.9 Å². The molecule has 0 aliphatic heterocycles. The molecule has 0 aromatic heterocycles. The minimum absolute atomic E-state index is 0.179. The van der Waals surface area contributed by atoms with Gasteiger partial charge in [-0.1, -0.05) is 42.5 Å². The Hall–Kier alpha value is -3.19. The van der Waals surface area contributed by atoms with Crippen molar-refractivity contribution in [3.05, 3.63) is 95.3 Å². The molecule has 30 heavy (non-hydrogen) atoms. The molecule has 0 bridgehead atoms. The van der Waals surface area contributed by atoms with Crippen LogP contribution in [0.3, 0.4) is 0 Å². The second-order valence-corrected chi connectivity index (χ2v) is 8.62. The monoisotopic (exact) mass is 426 g/mol. The highest BCUT2D eigenvalue weighted by molar-refractivity contribution is 7.92. The number of carbonyl (C=O) groups is 1. The van der Waals surface area contributed by atoms with Crippen molar-refractivity contribution in [3.63, 3.8) is 0 Å². The van der Waals surface area contributed by atoms with Crippen molar-refractivity contribution in [1.82, 2.24) is 5.32 Å². The summed E-state index contributed by atoms with van der Waals surface area (Å²) in [5.74, 6) is -0.882. The Morgan fingerprint density at radius 1 is 0.967 bits per heavy atom. The quantitative estimate of drug-likeness (QED) is 0.528. The first kappa shape index (κ1) is 21.5. The summed E-state index contributed by atoms with van der Waals surface area (Å²) < 4.78 is 41.1. The van der Waals surface area contributed by atoms with Crippen molar-refractivity contribution < 1.29 is 17.6 Å². The molecule has 0 spiro atoms. The fourth-order valence-electron chi connectivity index (χ4n) is 2.92. The first-order valence-electron chi connectivity index (χ1n) is 9.56. The summed E-state index contributed by atoms with van der Waals surface area (Å²) >= 11 is 0. The lowest BCUT2D eigenvalue weighted by Crippen LogP contribution is -2.25. The lowest BCUT2D eigenvalue weighted by atomic mass is 10.1. The van der Waals surface area contributed by atoms with Crippen LogP contribution in [0.2, 0.25) is 0 Å². The van der Waals surface area contributed by atoms with Gasteiger partial charge in [-0.15, -0.1) is 0 Å². The van der Waals surface area contributed by atoms with Crippen molar-refractivity contribution in [2.45, 2.75) is 24.7 Å². The number of benzene rings is 3. The van der Waals surface area contributed by atoms with Gasteiger partial charge in [0, 0.05) is 17.8 Å². The lowest BCUT2D eigenvalue weighted by molar-refractivity contribution is 0.0953. The summed E-state index contributed by atoms with van der Waals surface area (Å²) in [7, 11) is -3.97. The minimum atomic E-state index is -3.97. The summed E-state index contributed by atoms with van der Waals surface area (Å²) in [5.41, 5.74) is 2.13. The van der Waals surface area contributed by atoms with E-state index < -0.39 is 15.8 Å². The number of amides is 1. The van der Waals surface area contributed by atoms with Gasteiger partial charge in [0.2, 0.25) is 0 Å². The summed E-state index contributed by atoms with van der Waals surface area (Å²) in [5, 5.41) is 2.84. The largest absolute Gasteiger partial charge is 0.352 e. The zero-order chi connectivity index (χ0) is 21.6. The van der Waals surface area contributed by atoms with Crippen LogP contribution in [0.5, 0.6) is 0 Å². The van der Waals surface area contributed by atoms with E-state index in [9.17, 15) is 17.6 Å². The van der Waals surface area contributed by atoms with Crippen LogP contribution < -0.4 is 10.0 Å². The van der Waals surface area contributed by atoms with Crippen LogP contribution in [0.15, 0.2) is 77.7 Å². The molecule has 0 atom stereocenters.